The Morgan fingerprint density at radius 3 is 1.91 bits per heavy atom. The maximum atomic E-state index is 4.44. The smallest absolute Gasteiger partial charge is 1.00 e. The van der Waals surface area contributed by atoms with Crippen LogP contribution >= 0.6 is 12.6 Å². The van der Waals surface area contributed by atoms with Crippen LogP contribution < -0.4 is 29.6 Å². The van der Waals surface area contributed by atoms with Gasteiger partial charge in [-0.15, -0.1) is 0 Å². The number of rotatable bonds is 1. The SMILES string of the molecule is CC(C)(S)c1ccccc1.[H-].[Na+]. The molecule has 0 saturated carbocycles. The number of hydrogen-bond donors (Lipinski definition) is 1. The van der Waals surface area contributed by atoms with Crippen LogP contribution in [0.4, 0.5) is 0 Å². The van der Waals surface area contributed by atoms with Gasteiger partial charge in [-0.1, -0.05) is 30.3 Å². The molecule has 0 amide bonds. The summed E-state index contributed by atoms with van der Waals surface area (Å²) in [7, 11) is 0. The van der Waals surface area contributed by atoms with E-state index in [-0.39, 0.29) is 35.7 Å². The third-order valence-electron chi connectivity index (χ3n) is 1.48. The summed E-state index contributed by atoms with van der Waals surface area (Å²) in [5, 5.41) is 0. The fourth-order valence-electron chi connectivity index (χ4n) is 0.846. The Kier molecular flexibility index (Phi) is 4.80. The molecule has 0 saturated heterocycles. The zero-order valence-electron chi connectivity index (χ0n) is 8.33. The van der Waals surface area contributed by atoms with Gasteiger partial charge >= 0.3 is 29.6 Å². The van der Waals surface area contributed by atoms with E-state index in [4.69, 9.17) is 0 Å². The van der Waals surface area contributed by atoms with Crippen molar-refractivity contribution < 1.29 is 31.0 Å². The minimum atomic E-state index is -0.0126. The Labute approximate surface area is 97.6 Å². The van der Waals surface area contributed by atoms with Crippen molar-refractivity contribution in [2.24, 2.45) is 0 Å². The molecule has 0 heterocycles. The average Bonchev–Trinajstić information content (AvgIpc) is 1.88. The van der Waals surface area contributed by atoms with E-state index >= 15 is 0 Å². The topological polar surface area (TPSA) is 0 Å². The first-order valence-corrected chi connectivity index (χ1v) is 3.83. The van der Waals surface area contributed by atoms with E-state index < -0.39 is 0 Å². The molecule has 0 fully saturated rings. The predicted octanol–water partition coefficient (Wildman–Crippen LogP) is -0.0320. The summed E-state index contributed by atoms with van der Waals surface area (Å²) >= 11 is 4.44. The summed E-state index contributed by atoms with van der Waals surface area (Å²) in [5.41, 5.74) is 1.26. The Hall–Kier alpha value is 0.570. The average molecular weight is 176 g/mol. The molecule has 56 valence electrons. The fourth-order valence-corrected chi connectivity index (χ4v) is 0.995. The second-order valence-corrected chi connectivity index (χ2v) is 4.04. The van der Waals surface area contributed by atoms with Crippen LogP contribution in [0.15, 0.2) is 30.3 Å². The summed E-state index contributed by atoms with van der Waals surface area (Å²) in [6.45, 7) is 4.18. The van der Waals surface area contributed by atoms with Gasteiger partial charge in [-0.05, 0) is 19.4 Å². The van der Waals surface area contributed by atoms with Crippen molar-refractivity contribution in [2.45, 2.75) is 18.6 Å². The van der Waals surface area contributed by atoms with Gasteiger partial charge in [-0.3, -0.25) is 0 Å². The molecule has 1 rings (SSSR count). The molecular weight excluding hydrogens is 163 g/mol. The van der Waals surface area contributed by atoms with E-state index in [0.29, 0.717) is 0 Å². The third kappa shape index (κ3) is 3.66. The van der Waals surface area contributed by atoms with Crippen LogP contribution in [-0.2, 0) is 4.75 Å². The summed E-state index contributed by atoms with van der Waals surface area (Å²) in [5.74, 6) is 0. The largest absolute Gasteiger partial charge is 1.00 e. The summed E-state index contributed by atoms with van der Waals surface area (Å²) < 4.78 is -0.0126. The third-order valence-corrected chi connectivity index (χ3v) is 1.74. The minimum Gasteiger partial charge on any atom is -1.00 e. The van der Waals surface area contributed by atoms with Crippen LogP contribution in [0.25, 0.3) is 0 Å². The van der Waals surface area contributed by atoms with Gasteiger partial charge in [0.2, 0.25) is 0 Å². The van der Waals surface area contributed by atoms with Gasteiger partial charge in [-0.2, -0.15) is 12.6 Å². The maximum Gasteiger partial charge on any atom is 1.00 e. The molecule has 0 atom stereocenters. The molecule has 0 unspecified atom stereocenters. The first kappa shape index (κ1) is 11.6. The minimum absolute atomic E-state index is 0. The maximum absolute atomic E-state index is 4.44. The molecule has 2 heteroatoms. The second-order valence-electron chi connectivity index (χ2n) is 2.93. The van der Waals surface area contributed by atoms with Gasteiger partial charge in [0.1, 0.15) is 0 Å². The Balaban J connectivity index is 0. The van der Waals surface area contributed by atoms with Crippen molar-refractivity contribution in [3.05, 3.63) is 35.9 Å². The van der Waals surface area contributed by atoms with E-state index in [0.717, 1.165) is 0 Å². The van der Waals surface area contributed by atoms with Gasteiger partial charge in [-0.25, -0.2) is 0 Å². The van der Waals surface area contributed by atoms with Gasteiger partial charge in [0, 0.05) is 4.75 Å². The van der Waals surface area contributed by atoms with Crippen LogP contribution in [0.3, 0.4) is 0 Å². The predicted molar refractivity (Wildman–Crippen MR) is 49.6 cm³/mol. The molecule has 0 aliphatic carbocycles. The van der Waals surface area contributed by atoms with Gasteiger partial charge < -0.3 is 1.43 Å². The summed E-state index contributed by atoms with van der Waals surface area (Å²) in [4.78, 5) is 0. The van der Waals surface area contributed by atoms with Gasteiger partial charge in [0.15, 0.2) is 0 Å². The van der Waals surface area contributed by atoms with Gasteiger partial charge in [0.05, 0.1) is 0 Å². The molecule has 0 aliphatic heterocycles. The second kappa shape index (κ2) is 4.56. The fraction of sp³-hybridized carbons (Fsp3) is 0.333. The molecule has 0 bridgehead atoms. The number of benzene rings is 1. The van der Waals surface area contributed by atoms with E-state index in [1.165, 1.54) is 5.56 Å². The zero-order chi connectivity index (χ0) is 7.61. The van der Waals surface area contributed by atoms with Crippen molar-refractivity contribution in [1.29, 1.82) is 0 Å². The molecule has 1 aromatic carbocycles. The molecule has 1 aromatic rings. The van der Waals surface area contributed by atoms with Crippen LogP contribution in [-0.4, -0.2) is 0 Å². The number of thiol groups is 1. The molecular formula is C9H13NaS. The van der Waals surface area contributed by atoms with E-state index in [1.807, 2.05) is 18.2 Å². The first-order chi connectivity index (χ1) is 4.61. The molecule has 0 aliphatic rings. The monoisotopic (exact) mass is 176 g/mol. The van der Waals surface area contributed by atoms with E-state index in [2.05, 4.69) is 38.6 Å². The van der Waals surface area contributed by atoms with Crippen LogP contribution in [0.2, 0.25) is 0 Å². The van der Waals surface area contributed by atoms with Crippen molar-refractivity contribution >= 4 is 12.6 Å². The van der Waals surface area contributed by atoms with Crippen LogP contribution in [0.5, 0.6) is 0 Å². The van der Waals surface area contributed by atoms with Crippen LogP contribution in [0, 0.1) is 0 Å². The van der Waals surface area contributed by atoms with Crippen molar-refractivity contribution in [2.75, 3.05) is 0 Å². The van der Waals surface area contributed by atoms with Crippen molar-refractivity contribution in [1.82, 2.24) is 0 Å². The van der Waals surface area contributed by atoms with Crippen molar-refractivity contribution in [3.8, 4) is 0 Å². The molecule has 11 heavy (non-hydrogen) atoms. The molecule has 0 N–H and O–H groups in total. The quantitative estimate of drug-likeness (QED) is 0.451. The molecule has 0 radical (unpaired) electrons. The summed E-state index contributed by atoms with van der Waals surface area (Å²) in [6, 6.07) is 10.3. The number of hydrogen-bond acceptors (Lipinski definition) is 1. The Morgan fingerprint density at radius 1 is 1.18 bits per heavy atom. The Bertz CT molecular complexity index is 206. The Morgan fingerprint density at radius 2 is 1.64 bits per heavy atom. The van der Waals surface area contributed by atoms with Gasteiger partial charge in [0.25, 0.3) is 0 Å². The molecule has 0 spiro atoms. The summed E-state index contributed by atoms with van der Waals surface area (Å²) in [6.07, 6.45) is 0. The van der Waals surface area contributed by atoms with E-state index in [9.17, 15) is 0 Å². The van der Waals surface area contributed by atoms with Crippen LogP contribution in [0.1, 0.15) is 20.8 Å². The standard InChI is InChI=1S/C9H12S.Na.H/c1-9(2,10)8-6-4-3-5-7-8;;/h3-7,10H,1-2H3;;/q;+1;-1. The first-order valence-electron chi connectivity index (χ1n) is 3.38. The molecule has 0 aromatic heterocycles. The zero-order valence-corrected chi connectivity index (χ0v) is 10.2. The van der Waals surface area contributed by atoms with E-state index in [1.54, 1.807) is 0 Å². The molecule has 0 nitrogen and oxygen atoms in total. The van der Waals surface area contributed by atoms with Crippen molar-refractivity contribution in [3.63, 3.8) is 0 Å². The normalized spacial score (nSPS) is 10.5.